The number of hydrogen-bond acceptors (Lipinski definition) is 5. The van der Waals surface area contributed by atoms with Gasteiger partial charge in [-0.3, -0.25) is 0 Å². The van der Waals surface area contributed by atoms with E-state index in [9.17, 15) is 14.3 Å². The quantitative estimate of drug-likeness (QED) is 0.599. The van der Waals surface area contributed by atoms with Crippen molar-refractivity contribution in [2.45, 2.75) is 19.4 Å². The average Bonchev–Trinajstić information content (AvgIpc) is 3.08. The largest absolute Gasteiger partial charge is 0.507 e. The third kappa shape index (κ3) is 4.02. The number of aryl methyl sites for hydroxylation is 1. The number of fused-ring (bicyclic) bond motifs is 1. The first-order valence-electron chi connectivity index (χ1n) is 8.93. The fraction of sp³-hybridized carbons (Fsp3) is 0.250. The number of phenols is 1. The van der Waals surface area contributed by atoms with Crippen LogP contribution in [0.15, 0.2) is 36.4 Å². The number of aromatic nitrogens is 2. The predicted octanol–water partition coefficient (Wildman–Crippen LogP) is 3.72. The molecule has 0 unspecified atom stereocenters. The molecule has 1 atom stereocenters. The van der Waals surface area contributed by atoms with Crippen molar-refractivity contribution in [1.29, 1.82) is 0 Å². The van der Waals surface area contributed by atoms with E-state index in [4.69, 9.17) is 5.11 Å². The Morgan fingerprint density at radius 1 is 1.28 bits per heavy atom. The van der Waals surface area contributed by atoms with Crippen molar-refractivity contribution in [1.82, 2.24) is 15.3 Å². The van der Waals surface area contributed by atoms with Gasteiger partial charge in [-0.05, 0) is 43.2 Å². The molecule has 9 heteroatoms. The van der Waals surface area contributed by atoms with Gasteiger partial charge in [-0.25, -0.2) is 19.2 Å². The number of nitrogens with zero attached hydrogens (tertiary/aromatic N) is 3. The molecule has 2 heterocycles. The van der Waals surface area contributed by atoms with E-state index in [0.717, 1.165) is 10.9 Å². The second-order valence-corrected chi connectivity index (χ2v) is 6.91. The molecule has 1 aliphatic heterocycles. The minimum atomic E-state index is -1.06. The van der Waals surface area contributed by atoms with E-state index in [0.29, 0.717) is 30.8 Å². The lowest BCUT2D eigenvalue weighted by molar-refractivity contribution is 0.191. The second-order valence-electron chi connectivity index (χ2n) is 6.91. The van der Waals surface area contributed by atoms with E-state index in [1.165, 1.54) is 18.2 Å². The minimum absolute atomic E-state index is 0. The number of rotatable bonds is 3. The summed E-state index contributed by atoms with van der Waals surface area (Å²) in [5.41, 5.74) is 1.58. The number of halogens is 2. The third-order valence-electron chi connectivity index (χ3n) is 4.86. The average molecular weight is 419 g/mol. The Balaban J connectivity index is 0.00000240. The number of phenolic OH excluding ortho intramolecular Hbond substituents is 1. The van der Waals surface area contributed by atoms with Crippen LogP contribution in [0.1, 0.15) is 12.0 Å². The van der Waals surface area contributed by atoms with Gasteiger partial charge in [0.15, 0.2) is 5.82 Å². The molecular formula is C20H20ClFN4O3. The maximum absolute atomic E-state index is 14.4. The van der Waals surface area contributed by atoms with Crippen molar-refractivity contribution < 1.29 is 19.4 Å². The molecule has 1 aromatic heterocycles. The normalized spacial score (nSPS) is 15.9. The SMILES string of the molecule is Cc1ccc2c(N3CC[C@@H](NC(=O)O)C3)nc(-c3c(O)cccc3F)nc2c1.Cl. The molecule has 1 aliphatic rings. The number of aromatic hydroxyl groups is 1. The second kappa shape index (κ2) is 8.08. The van der Waals surface area contributed by atoms with Gasteiger partial charge in [0.2, 0.25) is 0 Å². The standard InChI is InChI=1S/C20H19FN4O3.ClH/c1-11-5-6-13-15(9-11)23-18(17-14(21)3-2-4-16(17)26)24-19(13)25-8-7-12(10-25)22-20(27)28;/h2-6,9,12,22,26H,7-8,10H2,1H3,(H,27,28);1H/t12-;/m1./s1. The molecule has 4 rings (SSSR count). The van der Waals surface area contributed by atoms with E-state index in [-0.39, 0.29) is 35.6 Å². The van der Waals surface area contributed by atoms with E-state index >= 15 is 0 Å². The molecule has 7 nitrogen and oxygen atoms in total. The lowest BCUT2D eigenvalue weighted by atomic mass is 10.1. The molecule has 0 saturated carbocycles. The number of anilines is 1. The highest BCUT2D eigenvalue weighted by Crippen LogP contribution is 2.34. The van der Waals surface area contributed by atoms with Crippen LogP contribution in [0.3, 0.4) is 0 Å². The molecule has 2 aromatic carbocycles. The number of benzene rings is 2. The molecule has 1 saturated heterocycles. The summed E-state index contributed by atoms with van der Waals surface area (Å²) in [6, 6.07) is 9.58. The van der Waals surface area contributed by atoms with Crippen molar-refractivity contribution in [3.05, 3.63) is 47.8 Å². The zero-order valence-electron chi connectivity index (χ0n) is 15.6. The van der Waals surface area contributed by atoms with Crippen molar-refractivity contribution in [3.8, 4) is 17.1 Å². The smallest absolute Gasteiger partial charge is 0.404 e. The van der Waals surface area contributed by atoms with Gasteiger partial charge in [-0.15, -0.1) is 12.4 Å². The molecule has 152 valence electrons. The van der Waals surface area contributed by atoms with Crippen molar-refractivity contribution in [2.75, 3.05) is 18.0 Å². The number of hydrogen-bond donors (Lipinski definition) is 3. The van der Waals surface area contributed by atoms with Gasteiger partial charge < -0.3 is 20.4 Å². The predicted molar refractivity (Wildman–Crippen MR) is 110 cm³/mol. The Hall–Kier alpha value is -3.13. The summed E-state index contributed by atoms with van der Waals surface area (Å²) in [5.74, 6) is -0.148. The highest BCUT2D eigenvalue weighted by molar-refractivity contribution is 5.92. The highest BCUT2D eigenvalue weighted by Gasteiger charge is 2.27. The van der Waals surface area contributed by atoms with Crippen LogP contribution in [0.5, 0.6) is 5.75 Å². The van der Waals surface area contributed by atoms with Crippen LogP contribution >= 0.6 is 12.4 Å². The van der Waals surface area contributed by atoms with Gasteiger partial charge in [0.25, 0.3) is 0 Å². The van der Waals surface area contributed by atoms with Crippen molar-refractivity contribution >= 4 is 35.2 Å². The zero-order chi connectivity index (χ0) is 19.8. The van der Waals surface area contributed by atoms with Crippen LogP contribution in [0.4, 0.5) is 15.0 Å². The van der Waals surface area contributed by atoms with Gasteiger partial charge in [0.05, 0.1) is 17.1 Å². The van der Waals surface area contributed by atoms with Crippen LogP contribution in [-0.2, 0) is 0 Å². The molecule has 29 heavy (non-hydrogen) atoms. The maximum atomic E-state index is 14.4. The number of carbonyl (C=O) groups is 1. The van der Waals surface area contributed by atoms with Gasteiger partial charge in [-0.2, -0.15) is 0 Å². The summed E-state index contributed by atoms with van der Waals surface area (Å²) in [4.78, 5) is 21.9. The molecular weight excluding hydrogens is 399 g/mol. The molecule has 3 N–H and O–H groups in total. The lowest BCUT2D eigenvalue weighted by Crippen LogP contribution is -2.36. The molecule has 0 spiro atoms. The monoisotopic (exact) mass is 418 g/mol. The molecule has 0 bridgehead atoms. The van der Waals surface area contributed by atoms with E-state index in [2.05, 4.69) is 15.3 Å². The molecule has 1 amide bonds. The van der Waals surface area contributed by atoms with Crippen molar-refractivity contribution in [2.24, 2.45) is 0 Å². The van der Waals surface area contributed by atoms with E-state index in [1.807, 2.05) is 30.0 Å². The zero-order valence-corrected chi connectivity index (χ0v) is 16.4. The minimum Gasteiger partial charge on any atom is -0.507 e. The number of carboxylic acid groups (broad SMARTS) is 1. The van der Waals surface area contributed by atoms with Crippen LogP contribution in [0, 0.1) is 12.7 Å². The van der Waals surface area contributed by atoms with E-state index in [1.54, 1.807) is 0 Å². The van der Waals surface area contributed by atoms with Gasteiger partial charge in [0.1, 0.15) is 17.4 Å². The molecule has 0 radical (unpaired) electrons. The van der Waals surface area contributed by atoms with Gasteiger partial charge in [-0.1, -0.05) is 12.1 Å². The first-order chi connectivity index (χ1) is 13.4. The maximum Gasteiger partial charge on any atom is 0.404 e. The Kier molecular flexibility index (Phi) is 5.74. The number of nitrogens with one attached hydrogen (secondary N) is 1. The topological polar surface area (TPSA) is 98.6 Å². The first kappa shape index (κ1) is 20.6. The summed E-state index contributed by atoms with van der Waals surface area (Å²) in [5, 5.41) is 22.4. The number of amides is 1. The Bertz CT molecular complexity index is 1060. The van der Waals surface area contributed by atoms with Crippen LogP contribution < -0.4 is 10.2 Å². The molecule has 1 fully saturated rings. The Morgan fingerprint density at radius 2 is 2.07 bits per heavy atom. The molecule has 3 aromatic rings. The van der Waals surface area contributed by atoms with Gasteiger partial charge in [0, 0.05) is 18.5 Å². The van der Waals surface area contributed by atoms with Crippen LogP contribution in [0.2, 0.25) is 0 Å². The highest BCUT2D eigenvalue weighted by atomic mass is 35.5. The van der Waals surface area contributed by atoms with Crippen molar-refractivity contribution in [3.63, 3.8) is 0 Å². The van der Waals surface area contributed by atoms with Crippen LogP contribution in [0.25, 0.3) is 22.3 Å². The fourth-order valence-corrected chi connectivity index (χ4v) is 3.55. The summed E-state index contributed by atoms with van der Waals surface area (Å²) < 4.78 is 14.4. The summed E-state index contributed by atoms with van der Waals surface area (Å²) in [6.45, 7) is 2.99. The Morgan fingerprint density at radius 3 is 2.79 bits per heavy atom. The van der Waals surface area contributed by atoms with E-state index < -0.39 is 11.9 Å². The first-order valence-corrected chi connectivity index (χ1v) is 8.93. The Labute approximate surface area is 172 Å². The van der Waals surface area contributed by atoms with Gasteiger partial charge >= 0.3 is 6.09 Å². The fourth-order valence-electron chi connectivity index (χ4n) is 3.55. The van der Waals surface area contributed by atoms with Crippen LogP contribution in [-0.4, -0.2) is 45.4 Å². The lowest BCUT2D eigenvalue weighted by Gasteiger charge is -2.20. The summed E-state index contributed by atoms with van der Waals surface area (Å²) >= 11 is 0. The molecule has 0 aliphatic carbocycles. The third-order valence-corrected chi connectivity index (χ3v) is 4.86. The summed E-state index contributed by atoms with van der Waals surface area (Å²) in [6.07, 6.45) is -0.420. The summed E-state index contributed by atoms with van der Waals surface area (Å²) in [7, 11) is 0.